The molecule has 2 aliphatic rings. The summed E-state index contributed by atoms with van der Waals surface area (Å²) in [5.74, 6) is -5.69. The van der Waals surface area contributed by atoms with Crippen molar-refractivity contribution in [3.05, 3.63) is 87.9 Å². The molecule has 3 aromatic rings. The highest BCUT2D eigenvalue weighted by Gasteiger charge is 2.45. The Hall–Kier alpha value is -6.05. The van der Waals surface area contributed by atoms with E-state index in [2.05, 4.69) is 15.6 Å². The van der Waals surface area contributed by atoms with Crippen LogP contribution in [0.1, 0.15) is 125 Å². The zero-order chi connectivity index (χ0) is 63.0. The first-order chi connectivity index (χ1) is 41.2. The number of likely N-dealkylation sites (N-methyl/N-ethyl adjacent to an activating group) is 2. The van der Waals surface area contributed by atoms with Crippen LogP contribution in [-0.4, -0.2) is 203 Å². The van der Waals surface area contributed by atoms with Gasteiger partial charge in [0.05, 0.1) is 120 Å². The van der Waals surface area contributed by atoms with Crippen LogP contribution in [0.25, 0.3) is 0 Å². The summed E-state index contributed by atoms with van der Waals surface area (Å²) >= 11 is 1.43. The van der Waals surface area contributed by atoms with Crippen molar-refractivity contribution in [2.24, 2.45) is 29.6 Å². The molecular formula is C63H93N7O15S. The number of hydrogen-bond donors (Lipinski definition) is 2. The Balaban J connectivity index is 1.06. The second-order valence-electron chi connectivity index (χ2n) is 22.7. The minimum atomic E-state index is -1.01. The minimum absolute atomic E-state index is 0.00688. The third kappa shape index (κ3) is 19.5. The lowest BCUT2D eigenvalue weighted by Gasteiger charge is -2.41. The second kappa shape index (κ2) is 35.7. The number of likely N-dealkylation sites (tertiary alicyclic amines) is 1. The molecule has 2 aromatic carbocycles. The van der Waals surface area contributed by atoms with Gasteiger partial charge in [-0.05, 0) is 61.6 Å². The molecule has 10 atom stereocenters. The molecule has 476 valence electrons. The van der Waals surface area contributed by atoms with Crippen molar-refractivity contribution >= 4 is 58.5 Å². The molecule has 1 saturated heterocycles. The van der Waals surface area contributed by atoms with Gasteiger partial charge in [-0.15, -0.1) is 16.4 Å². The smallest absolute Gasteiger partial charge is 0.285 e. The number of rotatable bonds is 39. The van der Waals surface area contributed by atoms with E-state index in [-0.39, 0.29) is 93.7 Å². The maximum Gasteiger partial charge on any atom is 0.285 e. The molecule has 3 heterocycles. The van der Waals surface area contributed by atoms with E-state index in [1.807, 2.05) is 77.3 Å². The predicted octanol–water partition coefficient (Wildman–Crippen LogP) is 5.98. The fourth-order valence-corrected chi connectivity index (χ4v) is 11.9. The number of hydroxylamine groups is 2. The number of benzene rings is 2. The fraction of sp³-hybridized carbons (Fsp3) is 0.635. The first kappa shape index (κ1) is 70.7. The van der Waals surface area contributed by atoms with Crippen LogP contribution in [0.3, 0.4) is 0 Å². The van der Waals surface area contributed by atoms with Crippen molar-refractivity contribution < 1.29 is 71.6 Å². The number of fused-ring (bicyclic) bond motifs is 1. The van der Waals surface area contributed by atoms with Crippen molar-refractivity contribution in [1.29, 1.82) is 0 Å². The number of Topliss-reactive ketones (excluding diaryl/α,β-unsaturated/α-hetero) is 1. The van der Waals surface area contributed by atoms with Crippen molar-refractivity contribution in [3.63, 3.8) is 0 Å². The Bertz CT molecular complexity index is 2610. The summed E-state index contributed by atoms with van der Waals surface area (Å²) in [6.07, 6.45) is 2.57. The van der Waals surface area contributed by atoms with E-state index < -0.39 is 77.9 Å². The number of carbonyl (C=O) groups excluding carboxylic acids is 8. The zero-order valence-corrected chi connectivity index (χ0v) is 53.2. The van der Waals surface area contributed by atoms with E-state index >= 15 is 0 Å². The second-order valence-corrected chi connectivity index (χ2v) is 23.7. The Labute approximate surface area is 511 Å². The first-order valence-electron chi connectivity index (χ1n) is 30.0. The molecule has 0 unspecified atom stereocenters. The minimum Gasteiger partial charge on any atom is -0.379 e. The van der Waals surface area contributed by atoms with Crippen LogP contribution in [-0.2, 0) is 68.4 Å². The standard InChI is InChI=1S/C63H93N7O15S/c1-13-42(6)55(50(79-11)39-52(72)69-27-19-24-49(69)57(80-12)43(7)56(73)44(8)58(74)65-48(60-64-26-37-86-60)38-45-20-15-14-16-21-45)68(10)63(78)53(40(2)3)66-59(75)54(41(4)5)67(9)51(71)25-28-81-29-30-82-31-32-83-33-34-84-35-36-85-70-61(76)46-22-17-18-23-47(46)62(70)77/h14-18,20-23,26,37,40-44,48-50,53-55,57H,13,19,24-25,27-36,38-39H2,1-12H3,(H,65,74)(H,66,75)/t42-,43-,44+,48-,49-,50+,53-,54-,55-,57+/m0/s1. The number of methoxy groups -OCH3 is 2. The summed E-state index contributed by atoms with van der Waals surface area (Å²) in [6.45, 7) is 17.0. The van der Waals surface area contributed by atoms with Gasteiger partial charge in [0.2, 0.25) is 29.5 Å². The first-order valence-corrected chi connectivity index (χ1v) is 30.9. The topological polar surface area (TPSA) is 251 Å². The summed E-state index contributed by atoms with van der Waals surface area (Å²) < 4.78 is 34.4. The molecule has 1 fully saturated rings. The number of nitrogens with zero attached hydrogens (tertiary/aromatic N) is 5. The average Bonchev–Trinajstić information content (AvgIpc) is 2.19. The molecule has 2 aliphatic heterocycles. The van der Waals surface area contributed by atoms with Gasteiger partial charge >= 0.3 is 0 Å². The lowest BCUT2D eigenvalue weighted by molar-refractivity contribution is -0.149. The van der Waals surface area contributed by atoms with E-state index in [1.54, 1.807) is 68.2 Å². The van der Waals surface area contributed by atoms with Gasteiger partial charge in [-0.3, -0.25) is 43.2 Å². The monoisotopic (exact) mass is 1220 g/mol. The molecule has 0 spiro atoms. The Kier molecular flexibility index (Phi) is 29.3. The lowest BCUT2D eigenvalue weighted by atomic mass is 9.86. The number of hydrogen-bond acceptors (Lipinski definition) is 17. The van der Waals surface area contributed by atoms with Gasteiger partial charge in [-0.25, -0.2) is 4.98 Å². The van der Waals surface area contributed by atoms with Crippen LogP contribution in [0.5, 0.6) is 0 Å². The highest BCUT2D eigenvalue weighted by molar-refractivity contribution is 7.09. The maximum absolute atomic E-state index is 14.7. The highest BCUT2D eigenvalue weighted by atomic mass is 32.1. The summed E-state index contributed by atoms with van der Waals surface area (Å²) in [6, 6.07) is 12.9. The predicted molar refractivity (Wildman–Crippen MR) is 322 cm³/mol. The van der Waals surface area contributed by atoms with Crippen LogP contribution in [0, 0.1) is 29.6 Å². The Morgan fingerprint density at radius 2 is 1.30 bits per heavy atom. The molecule has 22 nitrogen and oxygen atoms in total. The molecule has 1 aromatic heterocycles. The zero-order valence-electron chi connectivity index (χ0n) is 52.4. The van der Waals surface area contributed by atoms with E-state index in [1.165, 1.54) is 30.5 Å². The number of ketones is 1. The quantitative estimate of drug-likeness (QED) is 0.0379. The van der Waals surface area contributed by atoms with Gasteiger partial charge in [-0.2, -0.15) is 0 Å². The molecule has 2 N–H and O–H groups in total. The van der Waals surface area contributed by atoms with E-state index in [0.717, 1.165) is 15.6 Å². The molecule has 0 aliphatic carbocycles. The lowest BCUT2D eigenvalue weighted by Crippen LogP contribution is -2.60. The van der Waals surface area contributed by atoms with E-state index in [0.29, 0.717) is 63.2 Å². The molecule has 0 radical (unpaired) electrons. The van der Waals surface area contributed by atoms with Crippen LogP contribution < -0.4 is 10.6 Å². The number of nitrogens with one attached hydrogen (secondary N) is 2. The van der Waals surface area contributed by atoms with Gasteiger partial charge in [0.1, 0.15) is 22.9 Å². The van der Waals surface area contributed by atoms with Crippen molar-refractivity contribution in [1.82, 2.24) is 35.4 Å². The van der Waals surface area contributed by atoms with Crippen molar-refractivity contribution in [3.8, 4) is 0 Å². The van der Waals surface area contributed by atoms with Gasteiger partial charge in [0.15, 0.2) is 0 Å². The summed E-state index contributed by atoms with van der Waals surface area (Å²) in [4.78, 5) is 124. The molecule has 7 amide bonds. The molecule has 0 bridgehead atoms. The molecule has 0 saturated carbocycles. The molecular weight excluding hydrogens is 1130 g/mol. The molecule has 5 rings (SSSR count). The Morgan fingerprint density at radius 3 is 1.84 bits per heavy atom. The van der Waals surface area contributed by atoms with Crippen LogP contribution in [0.4, 0.5) is 0 Å². The number of imide groups is 1. The van der Waals surface area contributed by atoms with Gasteiger partial charge in [-0.1, -0.05) is 97.4 Å². The SMILES string of the molecule is CC[C@H](C)[C@@H]([C@@H](CC(=O)N1CCC[C@H]1[C@H](OC)[C@@H](C)C(=O)[C@@H](C)C(=O)N[C@@H](Cc1ccccc1)c1nccs1)OC)N(C)C(=O)[C@@H](NC(=O)[C@H](C(C)C)N(C)C(=O)CCOCCOCCOCCOCCON1C(=O)c2ccccc2C1=O)C(C)C. The van der Waals surface area contributed by atoms with Crippen LogP contribution in [0.15, 0.2) is 66.2 Å². The summed E-state index contributed by atoms with van der Waals surface area (Å²) in [7, 11) is 6.27. The van der Waals surface area contributed by atoms with Gasteiger partial charge in [0.25, 0.3) is 11.8 Å². The number of carbonyl (C=O) groups is 8. The average molecular weight is 1220 g/mol. The van der Waals surface area contributed by atoms with Crippen molar-refractivity contribution in [2.75, 3.05) is 94.3 Å². The van der Waals surface area contributed by atoms with Gasteiger partial charge in [0, 0.05) is 52.4 Å². The van der Waals surface area contributed by atoms with E-state index in [9.17, 15) is 38.4 Å². The van der Waals surface area contributed by atoms with Gasteiger partial charge < -0.3 is 53.8 Å². The van der Waals surface area contributed by atoms with E-state index in [4.69, 9.17) is 33.3 Å². The van der Waals surface area contributed by atoms with Crippen LogP contribution in [0.2, 0.25) is 0 Å². The Morgan fingerprint density at radius 1 is 0.721 bits per heavy atom. The number of ether oxygens (including phenoxy) is 6. The summed E-state index contributed by atoms with van der Waals surface area (Å²) in [5, 5.41) is 9.40. The van der Waals surface area contributed by atoms with Crippen LogP contribution >= 0.6 is 11.3 Å². The molecule has 86 heavy (non-hydrogen) atoms. The summed E-state index contributed by atoms with van der Waals surface area (Å²) in [5.41, 5.74) is 1.63. The normalized spacial score (nSPS) is 17.3. The number of thiazole rings is 1. The molecule has 23 heteroatoms. The highest BCUT2D eigenvalue weighted by Crippen LogP contribution is 2.32. The fourth-order valence-electron chi connectivity index (χ4n) is 11.2. The number of aromatic nitrogens is 1. The van der Waals surface area contributed by atoms with Crippen molar-refractivity contribution in [2.45, 2.75) is 136 Å². The third-order valence-electron chi connectivity index (χ3n) is 16.2. The largest absolute Gasteiger partial charge is 0.379 e. The third-order valence-corrected chi connectivity index (χ3v) is 17.1. The number of amides is 7. The maximum atomic E-state index is 14.7.